The first kappa shape index (κ1) is 19.7. The average molecular weight is 448 g/mol. The number of aromatic nitrogens is 1. The molecule has 5 aromatic carbocycles. The summed E-state index contributed by atoms with van der Waals surface area (Å²) in [6.45, 7) is 0. The van der Waals surface area contributed by atoms with Crippen molar-refractivity contribution >= 4 is 10.8 Å². The highest BCUT2D eigenvalue weighted by Gasteiger charge is 2.22. The van der Waals surface area contributed by atoms with Gasteiger partial charge >= 0.3 is 0 Å². The molecule has 35 heavy (non-hydrogen) atoms. The van der Waals surface area contributed by atoms with Gasteiger partial charge in [0.05, 0.1) is 11.4 Å². The van der Waals surface area contributed by atoms with E-state index >= 15 is 0 Å². The maximum Gasteiger partial charge on any atom is 0.135 e. The molecule has 2 heteroatoms. The van der Waals surface area contributed by atoms with Gasteiger partial charge in [0.15, 0.2) is 0 Å². The summed E-state index contributed by atoms with van der Waals surface area (Å²) in [5, 5.41) is 2.32. The third-order valence-electron chi connectivity index (χ3n) is 6.70. The highest BCUT2D eigenvalue weighted by atomic mass is 16.5. The molecule has 0 amide bonds. The van der Waals surface area contributed by atoms with Crippen molar-refractivity contribution in [3.8, 4) is 56.3 Å². The van der Waals surface area contributed by atoms with Gasteiger partial charge in [-0.25, -0.2) is 4.98 Å². The normalized spacial score (nSPS) is 11.7. The Balaban J connectivity index is 1.50. The van der Waals surface area contributed by atoms with Gasteiger partial charge in [-0.2, -0.15) is 0 Å². The molecule has 0 saturated heterocycles. The lowest BCUT2D eigenvalue weighted by atomic mass is 9.89. The van der Waals surface area contributed by atoms with Crippen molar-refractivity contribution in [2.24, 2.45) is 0 Å². The van der Waals surface area contributed by atoms with E-state index in [4.69, 9.17) is 9.72 Å². The molecule has 2 heterocycles. The number of ether oxygens (including phenoxy) is 1. The molecule has 2 nitrogen and oxygen atoms in total. The molecule has 0 radical (unpaired) electrons. The highest BCUT2D eigenvalue weighted by Crippen LogP contribution is 2.49. The van der Waals surface area contributed by atoms with Gasteiger partial charge in [-0.3, -0.25) is 0 Å². The first-order valence-electron chi connectivity index (χ1n) is 11.8. The smallest absolute Gasteiger partial charge is 0.135 e. The quantitative estimate of drug-likeness (QED) is 0.270. The summed E-state index contributed by atoms with van der Waals surface area (Å²) in [5.74, 6) is 1.80. The van der Waals surface area contributed by atoms with Gasteiger partial charge in [-0.1, -0.05) is 97.1 Å². The third-order valence-corrected chi connectivity index (χ3v) is 6.70. The number of nitrogens with zero attached hydrogens (tertiary/aromatic N) is 1. The fraction of sp³-hybridized carbons (Fsp3) is 0. The van der Waals surface area contributed by atoms with Crippen molar-refractivity contribution in [1.82, 2.24) is 4.98 Å². The zero-order valence-electron chi connectivity index (χ0n) is 19.0. The summed E-state index contributed by atoms with van der Waals surface area (Å²) in [7, 11) is 0. The molecule has 0 saturated carbocycles. The van der Waals surface area contributed by atoms with Gasteiger partial charge in [-0.05, 0) is 46.8 Å². The number of benzene rings is 5. The van der Waals surface area contributed by atoms with E-state index in [1.807, 2.05) is 24.3 Å². The zero-order chi connectivity index (χ0) is 23.2. The van der Waals surface area contributed by atoms with E-state index in [0.29, 0.717) is 0 Å². The van der Waals surface area contributed by atoms with E-state index in [0.717, 1.165) is 56.1 Å². The maximum atomic E-state index is 6.32. The molecule has 0 spiro atoms. The van der Waals surface area contributed by atoms with Gasteiger partial charge in [0.2, 0.25) is 0 Å². The number of hydrogen-bond acceptors (Lipinski definition) is 2. The number of para-hydroxylation sites is 1. The van der Waals surface area contributed by atoms with Crippen LogP contribution in [-0.2, 0) is 0 Å². The summed E-state index contributed by atoms with van der Waals surface area (Å²) in [6.07, 6.45) is 0. The second-order valence-electron chi connectivity index (χ2n) is 8.76. The summed E-state index contributed by atoms with van der Waals surface area (Å²) >= 11 is 0. The van der Waals surface area contributed by atoms with Crippen molar-refractivity contribution in [3.63, 3.8) is 0 Å². The predicted molar refractivity (Wildman–Crippen MR) is 144 cm³/mol. The highest BCUT2D eigenvalue weighted by molar-refractivity contribution is 6.10. The van der Waals surface area contributed by atoms with E-state index in [1.165, 1.54) is 10.9 Å². The predicted octanol–water partition coefficient (Wildman–Crippen LogP) is 9.01. The summed E-state index contributed by atoms with van der Waals surface area (Å²) in [6, 6.07) is 44.1. The first-order valence-corrected chi connectivity index (χ1v) is 11.8. The van der Waals surface area contributed by atoms with Crippen molar-refractivity contribution < 1.29 is 4.74 Å². The Morgan fingerprint density at radius 3 is 1.94 bits per heavy atom. The Labute approximate surface area is 204 Å². The van der Waals surface area contributed by atoms with E-state index in [-0.39, 0.29) is 0 Å². The molecule has 1 aliphatic heterocycles. The molecule has 0 fully saturated rings. The molecule has 0 atom stereocenters. The van der Waals surface area contributed by atoms with E-state index in [2.05, 4.69) is 103 Å². The fourth-order valence-electron chi connectivity index (χ4n) is 5.08. The molecule has 1 aromatic heterocycles. The molecule has 1 aliphatic rings. The molecule has 6 aromatic rings. The number of rotatable bonds is 3. The number of pyridine rings is 1. The summed E-state index contributed by atoms with van der Waals surface area (Å²) in [4.78, 5) is 5.18. The van der Waals surface area contributed by atoms with E-state index < -0.39 is 0 Å². The second kappa shape index (κ2) is 7.96. The van der Waals surface area contributed by atoms with Gasteiger partial charge in [0, 0.05) is 27.6 Å². The third kappa shape index (κ3) is 3.23. The topological polar surface area (TPSA) is 22.1 Å². The first-order chi connectivity index (χ1) is 17.4. The van der Waals surface area contributed by atoms with Crippen LogP contribution in [-0.4, -0.2) is 4.98 Å². The van der Waals surface area contributed by atoms with Crippen molar-refractivity contribution in [3.05, 3.63) is 127 Å². The van der Waals surface area contributed by atoms with Gasteiger partial charge in [0.25, 0.3) is 0 Å². The van der Waals surface area contributed by atoms with E-state index in [9.17, 15) is 0 Å². The van der Waals surface area contributed by atoms with E-state index in [1.54, 1.807) is 0 Å². The van der Waals surface area contributed by atoms with Crippen molar-refractivity contribution in [2.45, 2.75) is 0 Å². The molecule has 0 unspecified atom stereocenters. The maximum absolute atomic E-state index is 6.32. The molecule has 0 aliphatic carbocycles. The van der Waals surface area contributed by atoms with Crippen LogP contribution in [0.3, 0.4) is 0 Å². The number of hydrogen-bond donors (Lipinski definition) is 0. The molecule has 164 valence electrons. The van der Waals surface area contributed by atoms with Crippen LogP contribution in [0.25, 0.3) is 55.5 Å². The van der Waals surface area contributed by atoms with Crippen LogP contribution in [0.4, 0.5) is 0 Å². The molecule has 7 rings (SSSR count). The molecular formula is C33H21NO. The standard InChI is InChI=1S/C33H21NO/c1-3-10-22(11-4-1)29-20-18-28(33(34-29)23-12-5-2-6-13-23)24-19-21-31-32-26(24)15-9-16-27(32)25-14-7-8-17-30(25)35-31/h1-21H. The zero-order valence-corrected chi connectivity index (χ0v) is 19.0. The minimum Gasteiger partial charge on any atom is -0.456 e. The van der Waals surface area contributed by atoms with Gasteiger partial charge in [-0.15, -0.1) is 0 Å². The monoisotopic (exact) mass is 447 g/mol. The summed E-state index contributed by atoms with van der Waals surface area (Å²) in [5.41, 5.74) is 8.75. The Kier molecular flexibility index (Phi) is 4.49. The Bertz CT molecular complexity index is 1710. The van der Waals surface area contributed by atoms with Crippen LogP contribution in [0.1, 0.15) is 0 Å². The molecule has 0 N–H and O–H groups in total. The van der Waals surface area contributed by atoms with Crippen LogP contribution >= 0.6 is 0 Å². The Hall–Kier alpha value is -4.69. The van der Waals surface area contributed by atoms with Crippen LogP contribution in [0.15, 0.2) is 127 Å². The molecule has 0 bridgehead atoms. The van der Waals surface area contributed by atoms with Crippen LogP contribution in [0.2, 0.25) is 0 Å². The van der Waals surface area contributed by atoms with Crippen LogP contribution < -0.4 is 4.74 Å². The SMILES string of the molecule is c1ccc(-c2ccc(-c3ccc4c5c(cccc35)-c3ccccc3O4)c(-c3ccccc3)n2)cc1. The molecular weight excluding hydrogens is 426 g/mol. The minimum absolute atomic E-state index is 0.896. The van der Waals surface area contributed by atoms with Crippen LogP contribution in [0, 0.1) is 0 Å². The Morgan fingerprint density at radius 2 is 1.11 bits per heavy atom. The lowest BCUT2D eigenvalue weighted by Gasteiger charge is -2.23. The summed E-state index contributed by atoms with van der Waals surface area (Å²) < 4.78 is 6.32. The second-order valence-corrected chi connectivity index (χ2v) is 8.76. The number of fused-ring (bicyclic) bond motifs is 2. The fourth-order valence-corrected chi connectivity index (χ4v) is 5.08. The van der Waals surface area contributed by atoms with Gasteiger partial charge in [0.1, 0.15) is 11.5 Å². The Morgan fingerprint density at radius 1 is 0.429 bits per heavy atom. The largest absolute Gasteiger partial charge is 0.456 e. The van der Waals surface area contributed by atoms with Crippen LogP contribution in [0.5, 0.6) is 11.5 Å². The average Bonchev–Trinajstić information content (AvgIpc) is 2.94. The van der Waals surface area contributed by atoms with Crippen molar-refractivity contribution in [1.29, 1.82) is 0 Å². The van der Waals surface area contributed by atoms with Gasteiger partial charge < -0.3 is 4.74 Å². The van der Waals surface area contributed by atoms with Crippen molar-refractivity contribution in [2.75, 3.05) is 0 Å². The minimum atomic E-state index is 0.896. The lowest BCUT2D eigenvalue weighted by Crippen LogP contribution is -1.98. The lowest BCUT2D eigenvalue weighted by molar-refractivity contribution is 0.487.